The Kier molecular flexibility index (Phi) is 6.81. The van der Waals surface area contributed by atoms with Gasteiger partial charge >= 0.3 is 5.97 Å². The van der Waals surface area contributed by atoms with Crippen molar-refractivity contribution in [2.75, 3.05) is 11.9 Å². The molecule has 0 aliphatic rings. The molecule has 0 saturated heterocycles. The average Bonchev–Trinajstić information content (AvgIpc) is 2.83. The summed E-state index contributed by atoms with van der Waals surface area (Å²) < 4.78 is 5.43. The van der Waals surface area contributed by atoms with E-state index in [0.717, 1.165) is 51.8 Å². The van der Waals surface area contributed by atoms with E-state index in [9.17, 15) is 4.79 Å². The average molecular weight is 425 g/mol. The molecule has 4 rings (SSSR count). The lowest BCUT2D eigenvalue weighted by atomic mass is 9.98. The first-order valence-corrected chi connectivity index (χ1v) is 11.1. The van der Waals surface area contributed by atoms with Gasteiger partial charge in [0.05, 0.1) is 17.7 Å². The van der Waals surface area contributed by atoms with Gasteiger partial charge in [-0.25, -0.2) is 4.79 Å². The van der Waals surface area contributed by atoms with Crippen molar-refractivity contribution in [3.63, 3.8) is 0 Å². The van der Waals surface area contributed by atoms with Crippen molar-refractivity contribution in [1.29, 1.82) is 0 Å². The van der Waals surface area contributed by atoms with E-state index in [1.54, 1.807) is 0 Å². The molecule has 0 fully saturated rings. The fraction of sp³-hybridized carbons (Fsp3) is 0.214. The molecule has 162 valence electrons. The van der Waals surface area contributed by atoms with E-state index in [-0.39, 0.29) is 5.97 Å². The lowest BCUT2D eigenvalue weighted by Gasteiger charge is -2.12. The van der Waals surface area contributed by atoms with Crippen LogP contribution in [0.5, 0.6) is 0 Å². The van der Waals surface area contributed by atoms with Gasteiger partial charge in [0.15, 0.2) is 0 Å². The molecule has 0 aliphatic heterocycles. The summed E-state index contributed by atoms with van der Waals surface area (Å²) >= 11 is 0. The largest absolute Gasteiger partial charge is 0.462 e. The number of hydrogen-bond acceptors (Lipinski definition) is 4. The van der Waals surface area contributed by atoms with Crippen LogP contribution < -0.4 is 5.32 Å². The van der Waals surface area contributed by atoms with Crippen LogP contribution in [-0.4, -0.2) is 17.6 Å². The van der Waals surface area contributed by atoms with E-state index < -0.39 is 0 Å². The van der Waals surface area contributed by atoms with Crippen LogP contribution in [-0.2, 0) is 11.3 Å². The number of aromatic nitrogens is 1. The van der Waals surface area contributed by atoms with Crippen LogP contribution >= 0.6 is 0 Å². The number of nitrogens with one attached hydrogen (secondary N) is 1. The molecule has 3 aromatic carbocycles. The van der Waals surface area contributed by atoms with E-state index in [1.165, 1.54) is 0 Å². The van der Waals surface area contributed by atoms with Crippen molar-refractivity contribution in [2.45, 2.75) is 33.2 Å². The number of carbonyl (C=O) groups excluding carboxylic acids is 1. The maximum absolute atomic E-state index is 12.5. The minimum atomic E-state index is -0.264. The molecular formula is C28H28N2O2. The molecule has 0 aliphatic carbocycles. The Morgan fingerprint density at radius 3 is 2.53 bits per heavy atom. The van der Waals surface area contributed by atoms with Gasteiger partial charge in [-0.05, 0) is 48.2 Å². The quantitative estimate of drug-likeness (QED) is 0.250. The molecule has 0 amide bonds. The van der Waals surface area contributed by atoms with Crippen molar-refractivity contribution in [2.24, 2.45) is 0 Å². The van der Waals surface area contributed by atoms with Crippen LogP contribution in [0.25, 0.3) is 22.0 Å². The van der Waals surface area contributed by atoms with Crippen molar-refractivity contribution in [3.05, 3.63) is 95.7 Å². The zero-order valence-electron chi connectivity index (χ0n) is 18.6. The minimum absolute atomic E-state index is 0.264. The Labute approximate surface area is 189 Å². The fourth-order valence-electron chi connectivity index (χ4n) is 3.75. The van der Waals surface area contributed by atoms with Crippen LogP contribution in [0.3, 0.4) is 0 Å². The maximum atomic E-state index is 12.5. The topological polar surface area (TPSA) is 51.2 Å². The molecule has 1 heterocycles. The van der Waals surface area contributed by atoms with Gasteiger partial charge in [-0.15, -0.1) is 0 Å². The molecule has 4 nitrogen and oxygen atoms in total. The molecule has 0 unspecified atom stereocenters. The summed E-state index contributed by atoms with van der Waals surface area (Å²) in [6.07, 6.45) is 1.88. The highest BCUT2D eigenvalue weighted by Crippen LogP contribution is 2.26. The summed E-state index contributed by atoms with van der Waals surface area (Å²) in [7, 11) is 0. The van der Waals surface area contributed by atoms with E-state index in [4.69, 9.17) is 4.74 Å². The number of esters is 1. The van der Waals surface area contributed by atoms with Gasteiger partial charge in [-0.1, -0.05) is 74.0 Å². The first-order chi connectivity index (χ1) is 15.7. The molecule has 0 bridgehead atoms. The Morgan fingerprint density at radius 1 is 0.969 bits per heavy atom. The first kappa shape index (κ1) is 21.6. The van der Waals surface area contributed by atoms with Gasteiger partial charge in [0.25, 0.3) is 0 Å². The third-order valence-corrected chi connectivity index (χ3v) is 5.47. The summed E-state index contributed by atoms with van der Waals surface area (Å²) in [4.78, 5) is 17.1. The number of para-hydroxylation sites is 1. The standard InChI is InChI=1S/C28H28N2O2/c1-3-4-17-32-28(31)24-10-6-5-9-23(24)22-15-13-21(14-16-22)19-29-27-18-20(2)30-26-12-8-7-11-25(26)27/h5-16,18H,3-4,17,19H2,1-2H3,(H,29,30). The number of hydrogen-bond donors (Lipinski definition) is 1. The molecule has 0 atom stereocenters. The fourth-order valence-corrected chi connectivity index (χ4v) is 3.75. The third kappa shape index (κ3) is 4.97. The third-order valence-electron chi connectivity index (χ3n) is 5.47. The molecule has 4 heteroatoms. The van der Waals surface area contributed by atoms with Crippen LogP contribution in [0.15, 0.2) is 78.9 Å². The molecule has 32 heavy (non-hydrogen) atoms. The van der Waals surface area contributed by atoms with E-state index in [2.05, 4.69) is 53.6 Å². The second-order valence-corrected chi connectivity index (χ2v) is 7.91. The minimum Gasteiger partial charge on any atom is -0.462 e. The van der Waals surface area contributed by atoms with E-state index in [0.29, 0.717) is 18.7 Å². The van der Waals surface area contributed by atoms with Gasteiger partial charge < -0.3 is 10.1 Å². The predicted molar refractivity (Wildman–Crippen MR) is 131 cm³/mol. The number of rotatable bonds is 8. The van der Waals surface area contributed by atoms with Crippen LogP contribution in [0, 0.1) is 6.92 Å². The van der Waals surface area contributed by atoms with Gasteiger partial charge in [0.1, 0.15) is 0 Å². The summed E-state index contributed by atoms with van der Waals surface area (Å²) in [5.41, 5.74) is 6.73. The zero-order valence-corrected chi connectivity index (χ0v) is 18.6. The highest BCUT2D eigenvalue weighted by Gasteiger charge is 2.13. The Morgan fingerprint density at radius 2 is 1.72 bits per heavy atom. The number of benzene rings is 3. The number of anilines is 1. The van der Waals surface area contributed by atoms with Crippen LogP contribution in [0.1, 0.15) is 41.4 Å². The van der Waals surface area contributed by atoms with Gasteiger partial charge in [-0.2, -0.15) is 0 Å². The highest BCUT2D eigenvalue weighted by atomic mass is 16.5. The number of carbonyl (C=O) groups is 1. The zero-order chi connectivity index (χ0) is 22.3. The van der Waals surface area contributed by atoms with Crippen LogP contribution in [0.4, 0.5) is 5.69 Å². The number of unbranched alkanes of at least 4 members (excludes halogenated alkanes) is 1. The van der Waals surface area contributed by atoms with Crippen molar-refractivity contribution < 1.29 is 9.53 Å². The van der Waals surface area contributed by atoms with E-state index >= 15 is 0 Å². The summed E-state index contributed by atoms with van der Waals surface area (Å²) in [5.74, 6) is -0.264. The second kappa shape index (κ2) is 10.1. The lowest BCUT2D eigenvalue weighted by Crippen LogP contribution is -2.08. The predicted octanol–water partition coefficient (Wildman–Crippen LogP) is 6.78. The van der Waals surface area contributed by atoms with Gasteiger partial charge in [0, 0.05) is 23.3 Å². The monoisotopic (exact) mass is 424 g/mol. The van der Waals surface area contributed by atoms with Gasteiger partial charge in [-0.3, -0.25) is 4.98 Å². The van der Waals surface area contributed by atoms with Crippen molar-refractivity contribution in [1.82, 2.24) is 4.98 Å². The second-order valence-electron chi connectivity index (χ2n) is 7.91. The SMILES string of the molecule is CCCCOC(=O)c1ccccc1-c1ccc(CNc2cc(C)nc3ccccc23)cc1. The normalized spacial score (nSPS) is 10.8. The summed E-state index contributed by atoms with van der Waals surface area (Å²) in [6.45, 7) is 5.25. The lowest BCUT2D eigenvalue weighted by molar-refractivity contribution is 0.0500. The van der Waals surface area contributed by atoms with Crippen molar-refractivity contribution >= 4 is 22.6 Å². The number of nitrogens with zero attached hydrogens (tertiary/aromatic N) is 1. The summed E-state index contributed by atoms with van der Waals surface area (Å²) in [6, 6.07) is 26.2. The number of fused-ring (bicyclic) bond motifs is 1. The van der Waals surface area contributed by atoms with Crippen LogP contribution in [0.2, 0.25) is 0 Å². The molecule has 0 saturated carbocycles. The number of pyridine rings is 1. The Balaban J connectivity index is 1.50. The molecule has 0 radical (unpaired) electrons. The number of aryl methyl sites for hydroxylation is 1. The highest BCUT2D eigenvalue weighted by molar-refractivity contribution is 5.97. The Bertz CT molecular complexity index is 1220. The van der Waals surface area contributed by atoms with Gasteiger partial charge in [0.2, 0.25) is 0 Å². The molecule has 1 N–H and O–H groups in total. The first-order valence-electron chi connectivity index (χ1n) is 11.1. The maximum Gasteiger partial charge on any atom is 0.338 e. The molecule has 4 aromatic rings. The smallest absolute Gasteiger partial charge is 0.338 e. The number of ether oxygens (including phenoxy) is 1. The van der Waals surface area contributed by atoms with Crippen molar-refractivity contribution in [3.8, 4) is 11.1 Å². The molecular weight excluding hydrogens is 396 g/mol. The van der Waals surface area contributed by atoms with E-state index in [1.807, 2.05) is 49.4 Å². The summed E-state index contributed by atoms with van der Waals surface area (Å²) in [5, 5.41) is 4.66. The molecule has 0 spiro atoms. The molecule has 1 aromatic heterocycles. The Hall–Kier alpha value is -3.66.